The number of aryl methyl sites for hydroxylation is 1. The molecule has 1 N–H and O–H groups in total. The molecule has 7 heteroatoms. The average molecular weight is 361 g/mol. The first-order chi connectivity index (χ1) is 13.1. The van der Waals surface area contributed by atoms with Gasteiger partial charge in [-0.25, -0.2) is 9.97 Å². The minimum absolute atomic E-state index is 0.0160. The number of para-hydroxylation sites is 1. The van der Waals surface area contributed by atoms with Gasteiger partial charge in [-0.1, -0.05) is 18.2 Å². The van der Waals surface area contributed by atoms with Crippen molar-refractivity contribution in [2.24, 2.45) is 0 Å². The van der Waals surface area contributed by atoms with Crippen LogP contribution < -0.4 is 5.32 Å². The van der Waals surface area contributed by atoms with Crippen LogP contribution >= 0.6 is 0 Å². The highest BCUT2D eigenvalue weighted by Crippen LogP contribution is 2.43. The molecule has 1 unspecified atom stereocenters. The van der Waals surface area contributed by atoms with E-state index in [1.54, 1.807) is 27.8 Å². The fraction of sp³-hybridized carbons (Fsp3) is 0.300. The molecule has 4 heterocycles. The number of hydrogen-bond acceptors (Lipinski definition) is 4. The first-order valence-electron chi connectivity index (χ1n) is 9.10. The summed E-state index contributed by atoms with van der Waals surface area (Å²) in [7, 11) is 0. The van der Waals surface area contributed by atoms with Crippen LogP contribution in [0.2, 0.25) is 0 Å². The number of carbonyl (C=O) groups is 2. The summed E-state index contributed by atoms with van der Waals surface area (Å²) in [6.07, 6.45) is 4.98. The first-order valence-corrected chi connectivity index (χ1v) is 9.10. The van der Waals surface area contributed by atoms with Crippen LogP contribution in [0.25, 0.3) is 5.78 Å². The number of benzene rings is 1. The maximum Gasteiger partial charge on any atom is 0.272 e. The Morgan fingerprint density at radius 3 is 3.00 bits per heavy atom. The summed E-state index contributed by atoms with van der Waals surface area (Å²) in [6, 6.07) is 9.55. The van der Waals surface area contributed by atoms with E-state index < -0.39 is 5.41 Å². The van der Waals surface area contributed by atoms with Gasteiger partial charge in [0.15, 0.2) is 0 Å². The average Bonchev–Trinajstić information content (AvgIpc) is 3.15. The van der Waals surface area contributed by atoms with E-state index in [0.717, 1.165) is 24.1 Å². The molecule has 136 valence electrons. The number of imidazole rings is 1. The summed E-state index contributed by atoms with van der Waals surface area (Å²) in [5.74, 6) is 0.385. The summed E-state index contributed by atoms with van der Waals surface area (Å²) in [5, 5.41) is 2.99. The Kier molecular flexibility index (Phi) is 3.34. The number of likely N-dealkylation sites (tertiary alicyclic amines) is 1. The van der Waals surface area contributed by atoms with Crippen molar-refractivity contribution < 1.29 is 9.59 Å². The number of aromatic nitrogens is 3. The highest BCUT2D eigenvalue weighted by Gasteiger charge is 2.50. The van der Waals surface area contributed by atoms with Crippen LogP contribution in [0.4, 0.5) is 5.69 Å². The number of nitrogens with one attached hydrogen (secondary N) is 1. The third kappa shape index (κ3) is 2.21. The zero-order chi connectivity index (χ0) is 18.6. The van der Waals surface area contributed by atoms with E-state index in [1.807, 2.05) is 31.2 Å². The van der Waals surface area contributed by atoms with Crippen LogP contribution in [0, 0.1) is 6.92 Å². The van der Waals surface area contributed by atoms with Gasteiger partial charge in [0.25, 0.3) is 5.91 Å². The molecule has 7 nitrogen and oxygen atoms in total. The second kappa shape index (κ2) is 5.64. The van der Waals surface area contributed by atoms with Gasteiger partial charge in [0, 0.05) is 31.2 Å². The molecule has 1 saturated heterocycles. The number of anilines is 1. The van der Waals surface area contributed by atoms with Crippen LogP contribution in [0.15, 0.2) is 42.7 Å². The highest BCUT2D eigenvalue weighted by atomic mass is 16.2. The van der Waals surface area contributed by atoms with Gasteiger partial charge in [0.05, 0.1) is 11.1 Å². The van der Waals surface area contributed by atoms with Crippen LogP contribution in [0.1, 0.15) is 34.6 Å². The molecule has 0 bridgehead atoms. The monoisotopic (exact) mass is 361 g/mol. The number of fused-ring (bicyclic) bond motifs is 3. The Labute approximate surface area is 156 Å². The Balaban J connectivity index is 1.54. The predicted molar refractivity (Wildman–Crippen MR) is 99.6 cm³/mol. The number of nitrogens with zero attached hydrogens (tertiary/aromatic N) is 4. The van der Waals surface area contributed by atoms with Crippen molar-refractivity contribution in [3.63, 3.8) is 0 Å². The molecule has 1 aromatic carbocycles. The largest absolute Gasteiger partial charge is 0.336 e. The molecule has 0 aliphatic carbocycles. The molecule has 5 rings (SSSR count). The van der Waals surface area contributed by atoms with Crippen molar-refractivity contribution in [2.45, 2.75) is 25.2 Å². The van der Waals surface area contributed by atoms with Crippen LogP contribution in [0.5, 0.6) is 0 Å². The molecule has 1 spiro atoms. The van der Waals surface area contributed by atoms with E-state index in [0.29, 0.717) is 30.3 Å². The Bertz CT molecular complexity index is 1090. The topological polar surface area (TPSA) is 79.6 Å². The smallest absolute Gasteiger partial charge is 0.272 e. The van der Waals surface area contributed by atoms with Gasteiger partial charge in [0.2, 0.25) is 11.7 Å². The normalized spacial score (nSPS) is 21.5. The van der Waals surface area contributed by atoms with E-state index in [4.69, 9.17) is 0 Å². The summed E-state index contributed by atoms with van der Waals surface area (Å²) < 4.78 is 1.72. The van der Waals surface area contributed by atoms with Gasteiger partial charge >= 0.3 is 0 Å². The fourth-order valence-corrected chi connectivity index (χ4v) is 4.41. The fourth-order valence-electron chi connectivity index (χ4n) is 4.41. The van der Waals surface area contributed by atoms with Crippen molar-refractivity contribution in [1.82, 2.24) is 19.3 Å². The number of hydrogen-bond donors (Lipinski definition) is 1. The van der Waals surface area contributed by atoms with Crippen LogP contribution in [-0.2, 0) is 10.2 Å². The standard InChI is InChI=1S/C20H19N5O2/c1-13-16(25-11-5-9-21-19(25)22-13)17(26)24-10-4-8-20(12-24)14-6-2-3-7-15(14)23-18(20)27/h2-3,5-7,9,11H,4,8,10,12H2,1H3,(H,23,27). The third-order valence-corrected chi connectivity index (χ3v) is 5.69. The van der Waals surface area contributed by atoms with Gasteiger partial charge in [-0.05, 0) is 37.5 Å². The maximum atomic E-state index is 13.4. The molecule has 0 radical (unpaired) electrons. The van der Waals surface area contributed by atoms with Crippen LogP contribution in [-0.4, -0.2) is 44.2 Å². The minimum atomic E-state index is -0.669. The molecule has 2 aliphatic heterocycles. The van der Waals surface area contributed by atoms with E-state index in [-0.39, 0.29) is 11.8 Å². The van der Waals surface area contributed by atoms with Gasteiger partial charge in [-0.15, -0.1) is 0 Å². The molecular weight excluding hydrogens is 342 g/mol. The van der Waals surface area contributed by atoms with Crippen molar-refractivity contribution in [3.8, 4) is 0 Å². The first kappa shape index (κ1) is 16.0. The van der Waals surface area contributed by atoms with Gasteiger partial charge < -0.3 is 10.2 Å². The zero-order valence-electron chi connectivity index (χ0n) is 15.0. The number of carbonyl (C=O) groups excluding carboxylic acids is 2. The summed E-state index contributed by atoms with van der Waals surface area (Å²) in [5.41, 5.74) is 2.34. The van der Waals surface area contributed by atoms with Gasteiger partial charge in [-0.2, -0.15) is 0 Å². The minimum Gasteiger partial charge on any atom is -0.336 e. The van der Waals surface area contributed by atoms with Gasteiger partial charge in [0.1, 0.15) is 5.69 Å². The molecule has 2 aliphatic rings. The second-order valence-corrected chi connectivity index (χ2v) is 7.25. The van der Waals surface area contributed by atoms with E-state index in [2.05, 4.69) is 15.3 Å². The number of amides is 2. The van der Waals surface area contributed by atoms with E-state index in [9.17, 15) is 9.59 Å². The number of rotatable bonds is 1. The molecule has 0 saturated carbocycles. The summed E-state index contributed by atoms with van der Waals surface area (Å²) in [6.45, 7) is 2.82. The second-order valence-electron chi connectivity index (χ2n) is 7.25. The molecule has 27 heavy (non-hydrogen) atoms. The molecule has 1 atom stereocenters. The van der Waals surface area contributed by atoms with E-state index >= 15 is 0 Å². The molecule has 2 amide bonds. The lowest BCUT2D eigenvalue weighted by molar-refractivity contribution is -0.122. The Hall–Kier alpha value is -3.22. The Morgan fingerprint density at radius 1 is 1.26 bits per heavy atom. The zero-order valence-corrected chi connectivity index (χ0v) is 15.0. The SMILES string of the molecule is Cc1nc2ncccn2c1C(=O)N1CCCC2(C1)C(=O)Nc1ccccc12. The quantitative estimate of drug-likeness (QED) is 0.720. The maximum absolute atomic E-state index is 13.4. The summed E-state index contributed by atoms with van der Waals surface area (Å²) in [4.78, 5) is 36.6. The summed E-state index contributed by atoms with van der Waals surface area (Å²) >= 11 is 0. The lowest BCUT2D eigenvalue weighted by Gasteiger charge is -2.39. The molecule has 1 fully saturated rings. The van der Waals surface area contributed by atoms with Crippen LogP contribution in [0.3, 0.4) is 0 Å². The van der Waals surface area contributed by atoms with Crippen molar-refractivity contribution in [2.75, 3.05) is 18.4 Å². The molecular formula is C20H19N5O2. The predicted octanol–water partition coefficient (Wildman–Crippen LogP) is 2.16. The molecule has 2 aromatic heterocycles. The van der Waals surface area contributed by atoms with Crippen molar-refractivity contribution in [3.05, 3.63) is 59.7 Å². The highest BCUT2D eigenvalue weighted by molar-refractivity contribution is 6.07. The lowest BCUT2D eigenvalue weighted by atomic mass is 9.75. The number of piperidine rings is 1. The third-order valence-electron chi connectivity index (χ3n) is 5.69. The molecule has 3 aromatic rings. The van der Waals surface area contributed by atoms with E-state index in [1.165, 1.54) is 0 Å². The lowest BCUT2D eigenvalue weighted by Crippen LogP contribution is -2.52. The van der Waals surface area contributed by atoms with Crippen molar-refractivity contribution >= 4 is 23.3 Å². The Morgan fingerprint density at radius 2 is 2.11 bits per heavy atom. The van der Waals surface area contributed by atoms with Gasteiger partial charge in [-0.3, -0.25) is 14.0 Å². The van der Waals surface area contributed by atoms with Crippen molar-refractivity contribution in [1.29, 1.82) is 0 Å².